The Kier molecular flexibility index (Phi) is 6.54. The first kappa shape index (κ1) is 22.9. The van der Waals surface area contributed by atoms with E-state index in [1.54, 1.807) is 56.3 Å². The lowest BCUT2D eigenvalue weighted by Gasteiger charge is -2.15. The lowest BCUT2D eigenvalue weighted by Crippen LogP contribution is -2.30. The molecule has 0 aliphatic rings. The molecule has 4 aromatic rings. The monoisotopic (exact) mass is 454 g/mol. The number of nitrogens with one attached hydrogen (secondary N) is 2. The van der Waals surface area contributed by atoms with Gasteiger partial charge in [0, 0.05) is 17.2 Å². The predicted octanol–water partition coefficient (Wildman–Crippen LogP) is 4.61. The molecule has 1 heterocycles. The largest absolute Gasteiger partial charge is 0.325 e. The lowest BCUT2D eigenvalue weighted by atomic mass is 10.1. The third-order valence-electron chi connectivity index (χ3n) is 5.54. The van der Waals surface area contributed by atoms with Gasteiger partial charge in [0.15, 0.2) is 0 Å². The normalized spacial score (nSPS) is 10.9. The number of amides is 2. The molecule has 3 aromatic carbocycles. The molecule has 34 heavy (non-hydrogen) atoms. The van der Waals surface area contributed by atoms with Gasteiger partial charge < -0.3 is 10.6 Å². The molecule has 0 aliphatic heterocycles. The fourth-order valence-corrected chi connectivity index (χ4v) is 3.65. The Morgan fingerprint density at radius 1 is 0.882 bits per heavy atom. The fraction of sp³-hybridized carbons (Fsp3) is 0.185. The van der Waals surface area contributed by atoms with Crippen LogP contribution in [0.1, 0.15) is 19.4 Å². The molecule has 0 aliphatic carbocycles. The van der Waals surface area contributed by atoms with Crippen molar-refractivity contribution in [1.29, 1.82) is 0 Å². The maximum Gasteiger partial charge on any atom is 0.278 e. The summed E-state index contributed by atoms with van der Waals surface area (Å²) < 4.78 is 1.42. The van der Waals surface area contributed by atoms with Gasteiger partial charge in [0.05, 0.1) is 16.7 Å². The third-order valence-corrected chi connectivity index (χ3v) is 5.54. The highest BCUT2D eigenvalue weighted by molar-refractivity contribution is 5.96. The van der Waals surface area contributed by atoms with Gasteiger partial charge in [-0.3, -0.25) is 19.0 Å². The number of hydrogen-bond donors (Lipinski definition) is 2. The van der Waals surface area contributed by atoms with Crippen molar-refractivity contribution in [2.45, 2.75) is 27.3 Å². The number of hydrogen-bond acceptors (Lipinski definition) is 4. The first-order valence-corrected chi connectivity index (χ1v) is 11.1. The molecule has 0 bridgehead atoms. The average Bonchev–Trinajstić information content (AvgIpc) is 2.82. The van der Waals surface area contributed by atoms with Crippen LogP contribution < -0.4 is 16.2 Å². The van der Waals surface area contributed by atoms with E-state index in [1.807, 2.05) is 37.3 Å². The molecule has 0 atom stereocenters. The van der Waals surface area contributed by atoms with Crippen LogP contribution in [0.25, 0.3) is 22.3 Å². The Bertz CT molecular complexity index is 1440. The van der Waals surface area contributed by atoms with Gasteiger partial charge in [0.25, 0.3) is 5.56 Å². The van der Waals surface area contributed by atoms with E-state index in [2.05, 4.69) is 15.6 Å². The number of carbonyl (C=O) groups is 2. The topological polar surface area (TPSA) is 93.1 Å². The number of carbonyl (C=O) groups excluding carboxylic acids is 2. The molecule has 0 saturated heterocycles. The molecule has 2 amide bonds. The highest BCUT2D eigenvalue weighted by Gasteiger charge is 2.19. The number of para-hydroxylation sites is 4. The van der Waals surface area contributed by atoms with Crippen molar-refractivity contribution in [3.05, 3.63) is 88.7 Å². The van der Waals surface area contributed by atoms with Gasteiger partial charge >= 0.3 is 0 Å². The van der Waals surface area contributed by atoms with E-state index in [9.17, 15) is 14.4 Å². The fourth-order valence-electron chi connectivity index (χ4n) is 3.65. The zero-order valence-corrected chi connectivity index (χ0v) is 19.3. The highest BCUT2D eigenvalue weighted by Crippen LogP contribution is 2.26. The third kappa shape index (κ3) is 4.73. The highest BCUT2D eigenvalue weighted by atomic mass is 16.2. The summed E-state index contributed by atoms with van der Waals surface area (Å²) >= 11 is 0. The van der Waals surface area contributed by atoms with Gasteiger partial charge in [-0.1, -0.05) is 62.4 Å². The number of fused-ring (bicyclic) bond motifs is 1. The van der Waals surface area contributed by atoms with Crippen LogP contribution in [0.5, 0.6) is 0 Å². The number of aryl methyl sites for hydroxylation is 1. The van der Waals surface area contributed by atoms with Gasteiger partial charge in [-0.05, 0) is 36.8 Å². The summed E-state index contributed by atoms with van der Waals surface area (Å²) in [5.41, 5.74) is 3.51. The van der Waals surface area contributed by atoms with Crippen molar-refractivity contribution in [2.75, 3.05) is 10.6 Å². The number of aromatic nitrogens is 2. The summed E-state index contributed by atoms with van der Waals surface area (Å²) in [5, 5.41) is 5.76. The van der Waals surface area contributed by atoms with E-state index in [0.29, 0.717) is 28.0 Å². The Hall–Kier alpha value is -4.26. The van der Waals surface area contributed by atoms with E-state index in [4.69, 9.17) is 0 Å². The maximum atomic E-state index is 13.6. The van der Waals surface area contributed by atoms with E-state index >= 15 is 0 Å². The van der Waals surface area contributed by atoms with Crippen LogP contribution in [0.2, 0.25) is 0 Å². The van der Waals surface area contributed by atoms with E-state index < -0.39 is 5.56 Å². The van der Waals surface area contributed by atoms with Crippen molar-refractivity contribution >= 4 is 34.2 Å². The molecule has 0 spiro atoms. The van der Waals surface area contributed by atoms with Gasteiger partial charge in [-0.15, -0.1) is 0 Å². The molecule has 172 valence electrons. The second kappa shape index (κ2) is 9.70. The van der Waals surface area contributed by atoms with Crippen molar-refractivity contribution < 1.29 is 9.59 Å². The summed E-state index contributed by atoms with van der Waals surface area (Å²) in [6.45, 7) is 5.33. The molecule has 7 nitrogen and oxygen atoms in total. The summed E-state index contributed by atoms with van der Waals surface area (Å²) in [7, 11) is 0. The number of rotatable bonds is 6. The number of anilines is 2. The average molecular weight is 455 g/mol. The minimum Gasteiger partial charge on any atom is -0.325 e. The predicted molar refractivity (Wildman–Crippen MR) is 135 cm³/mol. The van der Waals surface area contributed by atoms with Crippen molar-refractivity contribution in [1.82, 2.24) is 9.55 Å². The molecule has 0 unspecified atom stereocenters. The van der Waals surface area contributed by atoms with Gasteiger partial charge in [-0.25, -0.2) is 4.98 Å². The molecule has 7 heteroatoms. The lowest BCUT2D eigenvalue weighted by molar-refractivity contribution is -0.119. The molecule has 0 saturated carbocycles. The van der Waals surface area contributed by atoms with Crippen LogP contribution >= 0.6 is 0 Å². The van der Waals surface area contributed by atoms with Crippen LogP contribution in [0, 0.1) is 12.8 Å². The summed E-state index contributed by atoms with van der Waals surface area (Å²) in [5.74, 6) is -0.703. The van der Waals surface area contributed by atoms with E-state index in [-0.39, 0.29) is 30.0 Å². The number of nitrogens with zero attached hydrogens (tertiary/aromatic N) is 2. The Balaban J connectivity index is 1.79. The zero-order valence-electron chi connectivity index (χ0n) is 19.3. The summed E-state index contributed by atoms with van der Waals surface area (Å²) in [6.07, 6.45) is 0. The Morgan fingerprint density at radius 2 is 1.53 bits per heavy atom. The van der Waals surface area contributed by atoms with E-state index in [0.717, 1.165) is 5.56 Å². The van der Waals surface area contributed by atoms with Gasteiger partial charge in [0.2, 0.25) is 11.8 Å². The smallest absolute Gasteiger partial charge is 0.278 e. The molecule has 4 rings (SSSR count). The van der Waals surface area contributed by atoms with Crippen LogP contribution in [-0.2, 0) is 16.1 Å². The molecule has 1 aromatic heterocycles. The van der Waals surface area contributed by atoms with Crippen molar-refractivity contribution in [3.63, 3.8) is 0 Å². The van der Waals surface area contributed by atoms with E-state index in [1.165, 1.54) is 4.57 Å². The molecular weight excluding hydrogens is 428 g/mol. The second-order valence-corrected chi connectivity index (χ2v) is 8.39. The quantitative estimate of drug-likeness (QED) is 0.445. The Labute approximate surface area is 197 Å². The maximum absolute atomic E-state index is 13.6. The molecule has 2 N–H and O–H groups in total. The standard InChI is InChI=1S/C27H26N4O3/c1-17(2)26(33)30-21-13-7-5-11-19(21)25-27(34)31(23-15-9-8-14-22(23)29-25)16-24(32)28-20-12-6-4-10-18(20)3/h4-15,17H,16H2,1-3H3,(H,28,32)(H,30,33). The van der Waals surface area contributed by atoms with Crippen LogP contribution in [0.15, 0.2) is 77.6 Å². The first-order valence-electron chi connectivity index (χ1n) is 11.1. The molecule has 0 fully saturated rings. The van der Waals surface area contributed by atoms with Crippen LogP contribution in [0.4, 0.5) is 11.4 Å². The SMILES string of the molecule is Cc1ccccc1NC(=O)Cn1c(=O)c(-c2ccccc2NC(=O)C(C)C)nc2ccccc21. The molecule has 0 radical (unpaired) electrons. The van der Waals surface area contributed by atoms with Crippen molar-refractivity contribution in [2.24, 2.45) is 5.92 Å². The van der Waals surface area contributed by atoms with Crippen LogP contribution in [-0.4, -0.2) is 21.4 Å². The second-order valence-electron chi connectivity index (χ2n) is 8.39. The number of benzene rings is 3. The van der Waals surface area contributed by atoms with Crippen LogP contribution in [0.3, 0.4) is 0 Å². The van der Waals surface area contributed by atoms with Gasteiger partial charge in [0.1, 0.15) is 12.2 Å². The van der Waals surface area contributed by atoms with Gasteiger partial charge in [-0.2, -0.15) is 0 Å². The minimum absolute atomic E-state index is 0.161. The Morgan fingerprint density at radius 3 is 2.26 bits per heavy atom. The summed E-state index contributed by atoms with van der Waals surface area (Å²) in [6, 6.07) is 21.7. The van der Waals surface area contributed by atoms with Crippen molar-refractivity contribution in [3.8, 4) is 11.3 Å². The molecular formula is C27H26N4O3. The minimum atomic E-state index is -0.412. The zero-order chi connectivity index (χ0) is 24.2. The summed E-state index contributed by atoms with van der Waals surface area (Å²) in [4.78, 5) is 43.5. The first-order chi connectivity index (χ1) is 16.3.